The molecule has 2 nitrogen and oxygen atoms in total. The average molecular weight is 102 g/mol. The molecule has 2 heteroatoms. The number of hydrogen-bond donors (Lipinski definition) is 1. The Hall–Kier alpha value is -0.0800. The van der Waals surface area contributed by atoms with Crippen LogP contribution in [0.5, 0.6) is 0 Å². The fourth-order valence-corrected chi connectivity index (χ4v) is 0.258. The van der Waals surface area contributed by atoms with Crippen LogP contribution in [0.2, 0.25) is 0 Å². The van der Waals surface area contributed by atoms with E-state index < -0.39 is 0 Å². The second-order valence-corrected chi connectivity index (χ2v) is 1.73. The molecule has 0 rings (SSSR count). The fourth-order valence-electron chi connectivity index (χ4n) is 0.258. The highest BCUT2D eigenvalue weighted by Gasteiger charge is 1.99. The van der Waals surface area contributed by atoms with Crippen molar-refractivity contribution in [1.29, 1.82) is 0 Å². The molecule has 0 aliphatic carbocycles. The molecule has 0 saturated carbocycles. The third kappa shape index (κ3) is 2.60. The van der Waals surface area contributed by atoms with E-state index in [1.54, 1.807) is 4.90 Å². The van der Waals surface area contributed by atoms with Crippen molar-refractivity contribution in [1.82, 2.24) is 4.90 Å². The topological polar surface area (TPSA) is 23.5 Å². The van der Waals surface area contributed by atoms with Gasteiger partial charge in [0.1, 0.15) is 6.23 Å². The second-order valence-electron chi connectivity index (χ2n) is 1.73. The molecule has 7 heavy (non-hydrogen) atoms. The Kier molecular flexibility index (Phi) is 2.96. The minimum Gasteiger partial charge on any atom is -0.378 e. The van der Waals surface area contributed by atoms with Gasteiger partial charge in [0.2, 0.25) is 0 Å². The van der Waals surface area contributed by atoms with Crippen LogP contribution in [0, 0.1) is 6.92 Å². The van der Waals surface area contributed by atoms with E-state index in [-0.39, 0.29) is 6.23 Å². The molecule has 0 fully saturated rings. The number of aliphatic hydroxyl groups is 1. The van der Waals surface area contributed by atoms with Crippen molar-refractivity contribution in [2.45, 2.75) is 12.6 Å². The van der Waals surface area contributed by atoms with Crippen LogP contribution < -0.4 is 0 Å². The lowest BCUT2D eigenvalue weighted by molar-refractivity contribution is 0.0430. The molecule has 0 saturated heterocycles. The molecule has 0 aliphatic heterocycles. The zero-order valence-electron chi connectivity index (χ0n) is 4.89. The maximum absolute atomic E-state index is 8.80. The summed E-state index contributed by atoms with van der Waals surface area (Å²) in [5, 5.41) is 8.80. The lowest BCUT2D eigenvalue weighted by Gasteiger charge is -2.14. The molecule has 0 aromatic rings. The van der Waals surface area contributed by atoms with E-state index in [4.69, 9.17) is 5.11 Å². The summed E-state index contributed by atoms with van der Waals surface area (Å²) in [7, 11) is 3.63. The van der Waals surface area contributed by atoms with Gasteiger partial charge >= 0.3 is 0 Å². The summed E-state index contributed by atoms with van der Waals surface area (Å²) in [5.41, 5.74) is 0. The fraction of sp³-hybridized carbons (Fsp3) is 0.800. The molecule has 0 aromatic heterocycles. The highest BCUT2D eigenvalue weighted by Crippen LogP contribution is 1.89. The van der Waals surface area contributed by atoms with Crippen molar-refractivity contribution in [3.63, 3.8) is 0 Å². The zero-order valence-corrected chi connectivity index (χ0v) is 4.89. The van der Waals surface area contributed by atoms with Gasteiger partial charge in [-0.05, 0) is 27.4 Å². The molecule has 1 radical (unpaired) electrons. The lowest BCUT2D eigenvalue weighted by Crippen LogP contribution is -2.26. The monoisotopic (exact) mass is 102 g/mol. The van der Waals surface area contributed by atoms with Crippen LogP contribution in [0.15, 0.2) is 0 Å². The van der Waals surface area contributed by atoms with Crippen molar-refractivity contribution in [3.8, 4) is 0 Å². The molecule has 43 valence electrons. The van der Waals surface area contributed by atoms with Gasteiger partial charge in [-0.15, -0.1) is 0 Å². The first-order valence-corrected chi connectivity index (χ1v) is 2.32. The van der Waals surface area contributed by atoms with Crippen molar-refractivity contribution >= 4 is 0 Å². The van der Waals surface area contributed by atoms with E-state index in [2.05, 4.69) is 6.92 Å². The van der Waals surface area contributed by atoms with Crippen LogP contribution in [0.4, 0.5) is 0 Å². The van der Waals surface area contributed by atoms with Crippen molar-refractivity contribution in [3.05, 3.63) is 6.92 Å². The van der Waals surface area contributed by atoms with Gasteiger partial charge in [-0.25, -0.2) is 0 Å². The second kappa shape index (κ2) is 2.99. The van der Waals surface area contributed by atoms with Crippen molar-refractivity contribution in [2.75, 3.05) is 14.1 Å². The van der Waals surface area contributed by atoms with Gasteiger partial charge in [0.25, 0.3) is 0 Å². The van der Waals surface area contributed by atoms with E-state index >= 15 is 0 Å². The van der Waals surface area contributed by atoms with Crippen LogP contribution in [-0.2, 0) is 0 Å². The number of rotatable bonds is 2. The van der Waals surface area contributed by atoms with Gasteiger partial charge in [-0.1, -0.05) is 0 Å². The maximum Gasteiger partial charge on any atom is 0.106 e. The summed E-state index contributed by atoms with van der Waals surface area (Å²) in [5.74, 6) is 0. The molecule has 1 unspecified atom stereocenters. The highest BCUT2D eigenvalue weighted by atomic mass is 16.3. The Morgan fingerprint density at radius 1 is 1.71 bits per heavy atom. The predicted molar refractivity (Wildman–Crippen MR) is 29.7 cm³/mol. The van der Waals surface area contributed by atoms with Gasteiger partial charge in [-0.2, -0.15) is 0 Å². The van der Waals surface area contributed by atoms with E-state index in [1.807, 2.05) is 14.1 Å². The van der Waals surface area contributed by atoms with Gasteiger partial charge < -0.3 is 5.11 Å². The third-order valence-corrected chi connectivity index (χ3v) is 0.854. The van der Waals surface area contributed by atoms with Gasteiger partial charge in [0.05, 0.1) is 0 Å². The predicted octanol–water partition coefficient (Wildman–Crippen LogP) is 0.0906. The minimum atomic E-state index is -0.375. The largest absolute Gasteiger partial charge is 0.378 e. The summed E-state index contributed by atoms with van der Waals surface area (Å²) in [6.45, 7) is 3.52. The first-order valence-electron chi connectivity index (χ1n) is 2.32. The Bertz CT molecular complexity index is 45.3. The third-order valence-electron chi connectivity index (χ3n) is 0.854. The highest BCUT2D eigenvalue weighted by molar-refractivity contribution is 4.50. The molecule has 0 spiro atoms. The quantitative estimate of drug-likeness (QED) is 0.499. The molecule has 0 heterocycles. The summed E-state index contributed by atoms with van der Waals surface area (Å²) < 4.78 is 0. The van der Waals surface area contributed by atoms with Gasteiger partial charge in [0, 0.05) is 0 Å². The Morgan fingerprint density at radius 3 is 2.14 bits per heavy atom. The minimum absolute atomic E-state index is 0.375. The van der Waals surface area contributed by atoms with Gasteiger partial charge in [-0.3, -0.25) is 4.90 Å². The van der Waals surface area contributed by atoms with Crippen LogP contribution in [0.25, 0.3) is 0 Å². The maximum atomic E-state index is 8.80. The Labute approximate surface area is 44.8 Å². The molecule has 0 amide bonds. The molecule has 0 bridgehead atoms. The van der Waals surface area contributed by atoms with Crippen LogP contribution in [-0.4, -0.2) is 30.3 Å². The molecule has 1 atom stereocenters. The standard InChI is InChI=1S/C5H12NO/c1-4-5(7)6(2)3/h5,7H,1,4H2,2-3H3. The van der Waals surface area contributed by atoms with E-state index in [0.29, 0.717) is 6.42 Å². The van der Waals surface area contributed by atoms with Crippen molar-refractivity contribution in [2.24, 2.45) is 0 Å². The van der Waals surface area contributed by atoms with E-state index in [1.165, 1.54) is 0 Å². The summed E-state index contributed by atoms with van der Waals surface area (Å²) >= 11 is 0. The average Bonchev–Trinajstić information content (AvgIpc) is 1.65. The van der Waals surface area contributed by atoms with Gasteiger partial charge in [0.15, 0.2) is 0 Å². The Balaban J connectivity index is 3.14. The van der Waals surface area contributed by atoms with Crippen molar-refractivity contribution < 1.29 is 5.11 Å². The number of hydrogen-bond acceptors (Lipinski definition) is 2. The number of nitrogens with zero attached hydrogens (tertiary/aromatic N) is 1. The first kappa shape index (κ1) is 6.92. The first-order chi connectivity index (χ1) is 3.18. The normalized spacial score (nSPS) is 15.0. The number of aliphatic hydroxyl groups excluding tert-OH is 1. The van der Waals surface area contributed by atoms with Crippen LogP contribution in [0.3, 0.4) is 0 Å². The van der Waals surface area contributed by atoms with E-state index in [0.717, 1.165) is 0 Å². The smallest absolute Gasteiger partial charge is 0.106 e. The molecule has 0 aromatic carbocycles. The Morgan fingerprint density at radius 2 is 2.14 bits per heavy atom. The summed E-state index contributed by atoms with van der Waals surface area (Å²) in [6, 6.07) is 0. The summed E-state index contributed by atoms with van der Waals surface area (Å²) in [6.07, 6.45) is 0.174. The summed E-state index contributed by atoms with van der Waals surface area (Å²) in [4.78, 5) is 1.72. The molecule has 1 N–H and O–H groups in total. The van der Waals surface area contributed by atoms with Crippen LogP contribution >= 0.6 is 0 Å². The molecular weight excluding hydrogens is 90.1 g/mol. The SMILES string of the molecule is [CH2]CC(O)N(C)C. The zero-order chi connectivity index (χ0) is 5.86. The molecule has 0 aliphatic rings. The van der Waals surface area contributed by atoms with E-state index in [9.17, 15) is 0 Å². The molecular formula is C5H12NO. The van der Waals surface area contributed by atoms with Crippen LogP contribution in [0.1, 0.15) is 6.42 Å². The lowest BCUT2D eigenvalue weighted by atomic mass is 10.4.